The SMILES string of the molecule is Cc1ccc(C(O)C2CC3CCC(C2)N3C)s1. The predicted octanol–water partition coefficient (Wildman–Crippen LogP) is 2.96. The first kappa shape index (κ1) is 11.7. The molecule has 17 heavy (non-hydrogen) atoms. The molecule has 0 amide bonds. The van der Waals surface area contributed by atoms with Crippen LogP contribution in [0.3, 0.4) is 0 Å². The van der Waals surface area contributed by atoms with Crippen LogP contribution in [0, 0.1) is 12.8 Å². The lowest BCUT2D eigenvalue weighted by Gasteiger charge is -2.38. The molecule has 3 heterocycles. The van der Waals surface area contributed by atoms with Crippen molar-refractivity contribution in [2.45, 2.75) is 50.8 Å². The molecule has 1 N–H and O–H groups in total. The molecule has 2 nitrogen and oxygen atoms in total. The number of fused-ring (bicyclic) bond motifs is 2. The van der Waals surface area contributed by atoms with Gasteiger partial charge in [0.05, 0.1) is 6.10 Å². The molecular formula is C14H21NOS. The van der Waals surface area contributed by atoms with Gasteiger partial charge in [-0.1, -0.05) is 0 Å². The third kappa shape index (κ3) is 2.05. The van der Waals surface area contributed by atoms with E-state index in [4.69, 9.17) is 0 Å². The Balaban J connectivity index is 1.74. The van der Waals surface area contributed by atoms with E-state index in [2.05, 4.69) is 31.0 Å². The van der Waals surface area contributed by atoms with E-state index < -0.39 is 0 Å². The van der Waals surface area contributed by atoms with Gasteiger partial charge in [0.25, 0.3) is 0 Å². The van der Waals surface area contributed by atoms with Gasteiger partial charge < -0.3 is 10.0 Å². The molecule has 2 fully saturated rings. The number of hydrogen-bond acceptors (Lipinski definition) is 3. The first-order chi connectivity index (χ1) is 8.15. The van der Waals surface area contributed by atoms with Crippen LogP contribution in [0.25, 0.3) is 0 Å². The lowest BCUT2D eigenvalue weighted by atomic mass is 9.86. The average molecular weight is 251 g/mol. The minimum atomic E-state index is -0.231. The number of aliphatic hydroxyl groups is 1. The van der Waals surface area contributed by atoms with Gasteiger partial charge in [0.1, 0.15) is 0 Å². The van der Waals surface area contributed by atoms with Gasteiger partial charge in [0.2, 0.25) is 0 Å². The minimum Gasteiger partial charge on any atom is -0.387 e. The van der Waals surface area contributed by atoms with E-state index in [1.54, 1.807) is 11.3 Å². The van der Waals surface area contributed by atoms with Gasteiger partial charge in [-0.3, -0.25) is 0 Å². The van der Waals surface area contributed by atoms with Gasteiger partial charge in [0.15, 0.2) is 0 Å². The molecule has 3 heteroatoms. The normalized spacial score (nSPS) is 35.1. The van der Waals surface area contributed by atoms with Gasteiger partial charge >= 0.3 is 0 Å². The van der Waals surface area contributed by atoms with Crippen LogP contribution in [-0.4, -0.2) is 29.1 Å². The highest BCUT2D eigenvalue weighted by molar-refractivity contribution is 7.12. The summed E-state index contributed by atoms with van der Waals surface area (Å²) in [6.07, 6.45) is 4.77. The first-order valence-corrected chi connectivity index (χ1v) is 7.43. The Morgan fingerprint density at radius 2 is 1.94 bits per heavy atom. The van der Waals surface area contributed by atoms with E-state index >= 15 is 0 Å². The maximum atomic E-state index is 10.5. The zero-order valence-corrected chi connectivity index (χ0v) is 11.4. The maximum absolute atomic E-state index is 10.5. The van der Waals surface area contributed by atoms with Crippen LogP contribution in [0.4, 0.5) is 0 Å². The van der Waals surface area contributed by atoms with Crippen LogP contribution in [0.15, 0.2) is 12.1 Å². The molecular weight excluding hydrogens is 230 g/mol. The predicted molar refractivity (Wildman–Crippen MR) is 71.3 cm³/mol. The van der Waals surface area contributed by atoms with Crippen LogP contribution in [-0.2, 0) is 0 Å². The summed E-state index contributed by atoms with van der Waals surface area (Å²) in [7, 11) is 2.25. The number of aryl methyl sites for hydroxylation is 1. The van der Waals surface area contributed by atoms with Gasteiger partial charge in [-0.25, -0.2) is 0 Å². The zero-order valence-electron chi connectivity index (χ0n) is 10.6. The Hall–Kier alpha value is -0.380. The van der Waals surface area contributed by atoms with Crippen molar-refractivity contribution in [3.8, 4) is 0 Å². The molecule has 94 valence electrons. The van der Waals surface area contributed by atoms with Gasteiger partial charge in [-0.2, -0.15) is 0 Å². The molecule has 3 rings (SSSR count). The smallest absolute Gasteiger partial charge is 0.0911 e. The molecule has 1 aromatic rings. The first-order valence-electron chi connectivity index (χ1n) is 6.61. The summed E-state index contributed by atoms with van der Waals surface area (Å²) in [6.45, 7) is 2.11. The summed E-state index contributed by atoms with van der Waals surface area (Å²) >= 11 is 1.75. The van der Waals surface area contributed by atoms with Crippen LogP contribution < -0.4 is 0 Å². The topological polar surface area (TPSA) is 23.5 Å². The fourth-order valence-corrected chi connectivity index (χ4v) is 4.51. The monoisotopic (exact) mass is 251 g/mol. The molecule has 2 aliphatic heterocycles. The second kappa shape index (κ2) is 4.38. The van der Waals surface area contributed by atoms with Crippen LogP contribution in [0.5, 0.6) is 0 Å². The van der Waals surface area contributed by atoms with Crippen molar-refractivity contribution in [1.82, 2.24) is 4.90 Å². The van der Waals surface area contributed by atoms with E-state index in [9.17, 15) is 5.11 Å². The molecule has 0 radical (unpaired) electrons. The van der Waals surface area contributed by atoms with Crippen LogP contribution in [0.1, 0.15) is 41.5 Å². The quantitative estimate of drug-likeness (QED) is 0.873. The van der Waals surface area contributed by atoms with E-state index in [1.165, 1.54) is 30.6 Å². The molecule has 1 aromatic heterocycles. The average Bonchev–Trinajstić information content (AvgIpc) is 2.79. The van der Waals surface area contributed by atoms with Gasteiger partial charge in [-0.05, 0) is 57.7 Å². The summed E-state index contributed by atoms with van der Waals surface area (Å²) < 4.78 is 0. The number of nitrogens with zero attached hydrogens (tertiary/aromatic N) is 1. The highest BCUT2D eigenvalue weighted by Crippen LogP contribution is 2.43. The summed E-state index contributed by atoms with van der Waals surface area (Å²) in [5, 5.41) is 10.5. The lowest BCUT2D eigenvalue weighted by molar-refractivity contribution is 0.0376. The van der Waals surface area contributed by atoms with Crippen LogP contribution in [0.2, 0.25) is 0 Å². The summed E-state index contributed by atoms with van der Waals surface area (Å²) in [6, 6.07) is 5.65. The second-order valence-electron chi connectivity index (χ2n) is 5.68. The molecule has 2 aliphatic rings. The largest absolute Gasteiger partial charge is 0.387 e. The van der Waals surface area contributed by atoms with E-state index in [1.807, 2.05) is 0 Å². The molecule has 3 atom stereocenters. The molecule has 2 bridgehead atoms. The summed E-state index contributed by atoms with van der Waals surface area (Å²) in [5.41, 5.74) is 0. The summed E-state index contributed by atoms with van der Waals surface area (Å²) in [5.74, 6) is 0.474. The Kier molecular flexibility index (Phi) is 3.01. The number of hydrogen-bond donors (Lipinski definition) is 1. The minimum absolute atomic E-state index is 0.231. The third-order valence-corrected chi connectivity index (χ3v) is 5.71. The maximum Gasteiger partial charge on any atom is 0.0911 e. The Bertz CT molecular complexity index is 389. The number of rotatable bonds is 2. The van der Waals surface area contributed by atoms with Crippen molar-refractivity contribution in [2.24, 2.45) is 5.92 Å². The standard InChI is InChI=1S/C14H21NOS/c1-9-3-6-13(17-9)14(16)10-7-11-4-5-12(8-10)15(11)2/h3,6,10-12,14,16H,4-5,7-8H2,1-2H3. The highest BCUT2D eigenvalue weighted by Gasteiger charge is 2.41. The Labute approximate surface area is 107 Å². The van der Waals surface area contributed by atoms with Crippen molar-refractivity contribution < 1.29 is 5.11 Å². The van der Waals surface area contributed by atoms with Gasteiger partial charge in [0, 0.05) is 21.8 Å². The molecule has 0 spiro atoms. The fourth-order valence-electron chi connectivity index (χ4n) is 3.56. The molecule has 0 aromatic carbocycles. The van der Waals surface area contributed by atoms with Crippen molar-refractivity contribution in [3.05, 3.63) is 21.9 Å². The van der Waals surface area contributed by atoms with E-state index in [0.717, 1.165) is 17.0 Å². The Morgan fingerprint density at radius 1 is 1.29 bits per heavy atom. The number of thiophene rings is 1. The van der Waals surface area contributed by atoms with Crippen molar-refractivity contribution >= 4 is 11.3 Å². The van der Waals surface area contributed by atoms with Crippen molar-refractivity contribution in [1.29, 1.82) is 0 Å². The lowest BCUT2D eigenvalue weighted by Crippen LogP contribution is -2.41. The number of aliphatic hydroxyl groups excluding tert-OH is 1. The van der Waals surface area contributed by atoms with E-state index in [-0.39, 0.29) is 6.10 Å². The molecule has 0 aliphatic carbocycles. The third-order valence-electron chi connectivity index (χ3n) is 4.63. The zero-order chi connectivity index (χ0) is 12.0. The fraction of sp³-hybridized carbons (Fsp3) is 0.714. The van der Waals surface area contributed by atoms with E-state index in [0.29, 0.717) is 5.92 Å². The van der Waals surface area contributed by atoms with Crippen molar-refractivity contribution in [3.63, 3.8) is 0 Å². The number of piperidine rings is 1. The Morgan fingerprint density at radius 3 is 2.47 bits per heavy atom. The summed E-state index contributed by atoms with van der Waals surface area (Å²) in [4.78, 5) is 4.99. The molecule has 3 unspecified atom stereocenters. The molecule has 0 saturated carbocycles. The van der Waals surface area contributed by atoms with Crippen LogP contribution >= 0.6 is 11.3 Å². The molecule has 2 saturated heterocycles. The van der Waals surface area contributed by atoms with Crippen molar-refractivity contribution in [2.75, 3.05) is 7.05 Å². The second-order valence-corrected chi connectivity index (χ2v) is 6.99. The highest BCUT2D eigenvalue weighted by atomic mass is 32.1. The van der Waals surface area contributed by atoms with Gasteiger partial charge in [-0.15, -0.1) is 11.3 Å².